The van der Waals surface area contributed by atoms with Crippen LogP contribution in [0.4, 0.5) is 25.2 Å². The van der Waals surface area contributed by atoms with E-state index in [1.165, 1.54) is 0 Å². The minimum atomic E-state index is -5.14. The number of H-pyrrole nitrogens is 1. The first-order chi connectivity index (χ1) is 14.5. The summed E-state index contributed by atoms with van der Waals surface area (Å²) >= 11 is 0. The van der Waals surface area contributed by atoms with Crippen molar-refractivity contribution in [1.29, 1.82) is 0 Å². The number of aromatic nitrogens is 2. The molecule has 0 radical (unpaired) electrons. The number of hydrogen-bond acceptors (Lipinski definition) is 7. The molecule has 0 fully saturated rings. The highest BCUT2D eigenvalue weighted by Crippen LogP contribution is 2.37. The van der Waals surface area contributed by atoms with Crippen molar-refractivity contribution in [2.45, 2.75) is 0 Å². The quantitative estimate of drug-likeness (QED) is 0.134. The van der Waals surface area contributed by atoms with Crippen molar-refractivity contribution < 1.29 is 111 Å². The van der Waals surface area contributed by atoms with Crippen LogP contribution >= 0.6 is 47.4 Å². The Morgan fingerprint density at radius 1 is 0.457 bits per heavy atom. The van der Waals surface area contributed by atoms with E-state index in [9.17, 15) is 25.2 Å². The molecule has 32 heteroatoms. The Morgan fingerprint density at radius 3 is 0.629 bits per heavy atom. The summed E-state index contributed by atoms with van der Waals surface area (Å²) in [5, 5.41) is 0. The summed E-state index contributed by atoms with van der Waals surface area (Å²) in [4.78, 5) is 90.0. The first kappa shape index (κ1) is 47.8. The number of hydrogen-bond donors (Lipinski definition) is 13. The van der Waals surface area contributed by atoms with Crippen molar-refractivity contribution in [3.8, 4) is 0 Å². The van der Waals surface area contributed by atoms with Gasteiger partial charge in [0.15, 0.2) is 0 Å². The second kappa shape index (κ2) is 21.7. The molecule has 0 bridgehead atoms. The van der Waals surface area contributed by atoms with E-state index < -0.39 is 47.4 Å². The Kier molecular flexibility index (Phi) is 29.7. The van der Waals surface area contributed by atoms with Crippen molar-refractivity contribution in [1.82, 2.24) is 9.97 Å². The topological polar surface area (TPSA) is 374 Å². The van der Waals surface area contributed by atoms with E-state index in [0.29, 0.717) is 0 Å². The van der Waals surface area contributed by atoms with Gasteiger partial charge in [-0.3, -0.25) is 58.7 Å². The third-order valence-corrected chi connectivity index (χ3v) is 0.406. The zero-order valence-electron chi connectivity index (χ0n) is 15.4. The molecule has 218 valence electrons. The highest BCUT2D eigenvalue weighted by molar-refractivity contribution is 7.46. The molecule has 1 rings (SSSR count). The average molecular weight is 668 g/mol. The molecule has 0 saturated heterocycles. The third-order valence-electron chi connectivity index (χ3n) is 0.406. The first-order valence-electron chi connectivity index (χ1n) is 5.94. The number of rotatable bonds is 0. The van der Waals surface area contributed by atoms with E-state index in [1.54, 1.807) is 18.7 Å². The van der Waals surface area contributed by atoms with E-state index >= 15 is 0 Å². The fourth-order valence-electron chi connectivity index (χ4n) is 0.215. The highest BCUT2D eigenvalue weighted by atomic mass is 31.2. The predicted molar refractivity (Wildman–Crippen MR) is 97.5 cm³/mol. The lowest BCUT2D eigenvalue weighted by Crippen LogP contribution is -1.56. The maximum Gasteiger partial charge on any atom is 0.507 e. The van der Waals surface area contributed by atoms with Crippen molar-refractivity contribution in [2.24, 2.45) is 0 Å². The zero-order valence-corrected chi connectivity index (χ0v) is 20.8. The van der Waals surface area contributed by atoms with E-state index in [0.717, 1.165) is 0 Å². The van der Waals surface area contributed by atoms with Gasteiger partial charge in [0.2, 0.25) is 0 Å². The second-order valence-electron chi connectivity index (χ2n) is 3.60. The monoisotopic (exact) mass is 668 g/mol. The average Bonchev–Trinajstić information content (AvgIpc) is 2.81. The summed E-state index contributed by atoms with van der Waals surface area (Å²) in [6.07, 6.45) is 5.08. The van der Waals surface area contributed by atoms with Gasteiger partial charge >= 0.3 is 47.4 Å². The second-order valence-corrected chi connectivity index (χ2v) is 9.27. The molecule has 0 unspecified atom stereocenters. The smallest absolute Gasteiger partial charge is 0.351 e. The van der Waals surface area contributed by atoms with Crippen LogP contribution in [0.3, 0.4) is 0 Å². The van der Waals surface area contributed by atoms with Crippen LogP contribution in [0.5, 0.6) is 0 Å². The highest BCUT2D eigenvalue weighted by Gasteiger charge is 2.06. The van der Waals surface area contributed by atoms with Crippen LogP contribution in [-0.2, 0) is 27.4 Å². The molecule has 1 aromatic heterocycles. The van der Waals surface area contributed by atoms with Crippen LogP contribution in [0.2, 0.25) is 0 Å². The molecule has 0 aliphatic heterocycles. The summed E-state index contributed by atoms with van der Waals surface area (Å²) < 4.78 is 114. The van der Waals surface area contributed by atoms with Crippen LogP contribution in [0.25, 0.3) is 0 Å². The Labute approximate surface area is 188 Å². The largest absolute Gasteiger partial charge is 0.507 e. The molecule has 1 heterocycles. The predicted octanol–water partition coefficient (Wildman–Crippen LogP) is 0.701. The van der Waals surface area contributed by atoms with Crippen LogP contribution < -0.4 is 0 Å². The zero-order chi connectivity index (χ0) is 30.5. The minimum Gasteiger partial charge on any atom is -0.351 e. The Bertz CT molecular complexity index is 655. The molecule has 35 heavy (non-hydrogen) atoms. The van der Waals surface area contributed by atoms with Gasteiger partial charge in [-0.1, -0.05) is 0 Å². The molecule has 0 aliphatic carbocycles. The van der Waals surface area contributed by atoms with Gasteiger partial charge in [-0.2, -0.15) is 0 Å². The van der Waals surface area contributed by atoms with Gasteiger partial charge in [-0.05, 0) is 0 Å². The third kappa shape index (κ3) is 1540. The van der Waals surface area contributed by atoms with Gasteiger partial charge in [0, 0.05) is 12.4 Å². The molecule has 0 saturated carbocycles. The molecular weight excluding hydrogens is 652 g/mol. The normalized spacial score (nSPS) is 11.3. The molecule has 0 atom stereocenters. The number of halogens is 6. The molecule has 0 spiro atoms. The Hall–Kier alpha value is -0.310. The molecule has 0 aliphatic rings. The summed E-state index contributed by atoms with van der Waals surface area (Å²) in [6, 6.07) is 0. The van der Waals surface area contributed by atoms with Gasteiger partial charge < -0.3 is 4.98 Å². The molecule has 13 N–H and O–H groups in total. The number of aromatic amines is 1. The maximum absolute atomic E-state index is 10.4. The maximum atomic E-state index is 10.4. The van der Waals surface area contributed by atoms with E-state index in [4.69, 9.17) is 86.1 Å². The standard InChI is InChI=1S/C3H4N2.6FH2O3P/c1-2-5-3-4-1;6*1-5(2,3)4/h1-3H,(H,4,5);6*(H2,2,3,4). The van der Waals surface area contributed by atoms with Gasteiger partial charge in [0.25, 0.3) is 0 Å². The van der Waals surface area contributed by atoms with Crippen molar-refractivity contribution in [2.75, 3.05) is 0 Å². The van der Waals surface area contributed by atoms with Crippen molar-refractivity contribution in [3.05, 3.63) is 18.7 Å². The SMILES string of the molecule is O=P(O)(O)F.O=P(O)(O)F.O=P(O)(O)F.O=P(O)(O)F.O=P(O)(O)F.O=P(O)(O)F.c1c[nH]cn1. The lowest BCUT2D eigenvalue weighted by molar-refractivity contribution is 0.320. The summed E-state index contributed by atoms with van der Waals surface area (Å²) in [5.74, 6) is 0. The fourth-order valence-corrected chi connectivity index (χ4v) is 0.215. The van der Waals surface area contributed by atoms with Gasteiger partial charge in [-0.25, -0.2) is 32.4 Å². The van der Waals surface area contributed by atoms with E-state index in [-0.39, 0.29) is 0 Å². The number of nitrogens with one attached hydrogen (secondary N) is 1. The molecule has 0 aromatic carbocycles. The van der Waals surface area contributed by atoms with Crippen molar-refractivity contribution in [3.63, 3.8) is 0 Å². The number of imidazole rings is 1. The van der Waals surface area contributed by atoms with Crippen LogP contribution in [0.1, 0.15) is 0 Å². The van der Waals surface area contributed by atoms with Gasteiger partial charge in [0.05, 0.1) is 6.33 Å². The van der Waals surface area contributed by atoms with Gasteiger partial charge in [-0.15, -0.1) is 25.2 Å². The molecular formula is C3H16F6N2O18P6. The summed E-state index contributed by atoms with van der Waals surface area (Å²) in [6.45, 7) is 0. The lowest BCUT2D eigenvalue weighted by Gasteiger charge is -1.78. The van der Waals surface area contributed by atoms with Gasteiger partial charge in [0.1, 0.15) is 0 Å². The minimum absolute atomic E-state index is 1.62. The summed E-state index contributed by atoms with van der Waals surface area (Å²) in [5.41, 5.74) is 0. The fraction of sp³-hybridized carbons (Fsp3) is 0. The Morgan fingerprint density at radius 2 is 0.600 bits per heavy atom. The molecule has 0 amide bonds. The first-order valence-corrected chi connectivity index (χ1v) is 15.0. The van der Waals surface area contributed by atoms with E-state index in [2.05, 4.69) is 9.97 Å². The van der Waals surface area contributed by atoms with Crippen molar-refractivity contribution >= 4 is 47.4 Å². The van der Waals surface area contributed by atoms with Crippen LogP contribution in [0, 0.1) is 0 Å². The lowest BCUT2D eigenvalue weighted by atomic mass is 11.0. The molecule has 1 aromatic rings. The van der Waals surface area contributed by atoms with Crippen LogP contribution in [-0.4, -0.2) is 68.7 Å². The Balaban J connectivity index is -0.0000000701. The van der Waals surface area contributed by atoms with E-state index in [1.807, 2.05) is 0 Å². The summed E-state index contributed by atoms with van der Waals surface area (Å²) in [7, 11) is -30.8. The van der Waals surface area contributed by atoms with Crippen LogP contribution in [0.15, 0.2) is 18.7 Å². The molecule has 20 nitrogen and oxygen atoms in total. The number of nitrogens with zero attached hydrogens (tertiary/aromatic N) is 1.